The van der Waals surface area contributed by atoms with Crippen molar-refractivity contribution in [3.63, 3.8) is 0 Å². The van der Waals surface area contributed by atoms with E-state index in [9.17, 15) is 38.9 Å². The molecule has 0 aromatic carbocycles. The van der Waals surface area contributed by atoms with Crippen LogP contribution in [0.5, 0.6) is 0 Å². The second-order valence-electron chi connectivity index (χ2n) is 13.7. The maximum atomic E-state index is 11.5. The minimum atomic E-state index is -5.16. The van der Waals surface area contributed by atoms with Crippen LogP contribution in [0.15, 0.2) is 11.6 Å². The van der Waals surface area contributed by atoms with Gasteiger partial charge in [0.25, 0.3) is 0 Å². The Morgan fingerprint density at radius 2 is 1.44 bits per heavy atom. The zero-order valence-corrected chi connectivity index (χ0v) is 36.0. The maximum absolute atomic E-state index is 11.5. The van der Waals surface area contributed by atoms with E-state index >= 15 is 0 Å². The summed E-state index contributed by atoms with van der Waals surface area (Å²) in [6.45, 7) is 8.47. The van der Waals surface area contributed by atoms with E-state index in [4.69, 9.17) is 4.18 Å². The van der Waals surface area contributed by atoms with Crippen molar-refractivity contribution in [2.75, 3.05) is 6.61 Å². The molecule has 4 rings (SSSR count). The van der Waals surface area contributed by atoms with Crippen molar-refractivity contribution < 1.29 is 140 Å². The van der Waals surface area contributed by atoms with Gasteiger partial charge in [0.2, 0.25) is 31.2 Å². The molecule has 0 aromatic heterocycles. The van der Waals surface area contributed by atoms with Gasteiger partial charge in [-0.1, -0.05) is 52.2 Å². The molecule has 4 aliphatic rings. The second-order valence-corrected chi connectivity index (χ2v) is 16.8. The van der Waals surface area contributed by atoms with Gasteiger partial charge in [0.15, 0.2) is 0 Å². The summed E-state index contributed by atoms with van der Waals surface area (Å²) in [6.07, 6.45) is 6.96. The summed E-state index contributed by atoms with van der Waals surface area (Å²) < 4.78 is 115. The molecule has 12 nitrogen and oxygen atoms in total. The van der Waals surface area contributed by atoms with Crippen molar-refractivity contribution in [1.82, 2.24) is 0 Å². The Balaban J connectivity index is 0.00000337. The van der Waals surface area contributed by atoms with Gasteiger partial charge in [-0.25, -0.2) is 25.3 Å². The van der Waals surface area contributed by atoms with Crippen LogP contribution in [0.25, 0.3) is 0 Å². The van der Waals surface area contributed by atoms with Crippen LogP contribution < -0.4 is 88.7 Å². The summed E-state index contributed by atoms with van der Waals surface area (Å²) in [5.74, 6) is 1.92. The fourth-order valence-corrected chi connectivity index (χ4v) is 10.8. The number of hydrogen-bond donors (Lipinski definition) is 0. The SMILES string of the molecule is CC(CCC[C@@H](C)[C@H]1CC[C@H]2[C@@H]3CC=C4C[C@H](OS(=O)(=O)[O-])[C@@H](OS(=O)(=O)[O-])C[C@]4(C)[C@H]3CC[C@]12C)COS(=O)(=O)[O-].[Na+].[Na+].[Na+]. The molecular formula is C27H43Na3O12S3. The Morgan fingerprint density at radius 1 is 0.844 bits per heavy atom. The fraction of sp³-hybridized carbons (Fsp3) is 0.926. The monoisotopic (exact) mass is 724 g/mol. The molecule has 0 saturated heterocycles. The molecule has 3 fully saturated rings. The standard InChI is InChI=1S/C27H46O12S3.3Na/c1-17(16-37-40(28,29)30)6-5-7-18(2)21-10-11-22-20-9-8-19-14-24(38-41(31,32)33)25(39-42(34,35)36)15-27(19,4)23(20)12-13-26(21,22)3;;;/h8,17-18,20-25H,5-7,9-16H2,1-4H3,(H,28,29,30)(H,31,32,33)(H,34,35,36);;;/q;3*+1/p-3/t17?,18-,20+,21-,22+,23+,24+,25+,26-,27+;;;/m1.../s1. The topological polar surface area (TPSA) is 199 Å². The van der Waals surface area contributed by atoms with E-state index < -0.39 is 48.8 Å². The molecule has 4 aliphatic carbocycles. The van der Waals surface area contributed by atoms with Gasteiger partial charge < -0.3 is 13.7 Å². The summed E-state index contributed by atoms with van der Waals surface area (Å²) in [6, 6.07) is 0. The molecule has 0 radical (unpaired) electrons. The molecular weight excluding hydrogens is 681 g/mol. The van der Waals surface area contributed by atoms with Crippen molar-refractivity contribution >= 4 is 31.2 Å². The van der Waals surface area contributed by atoms with Crippen LogP contribution in [0.4, 0.5) is 0 Å². The van der Waals surface area contributed by atoms with Crippen LogP contribution in [0, 0.1) is 46.3 Å². The summed E-state index contributed by atoms with van der Waals surface area (Å²) in [7, 11) is -15.0. The minimum Gasteiger partial charge on any atom is -0.726 e. The Morgan fingerprint density at radius 3 is 2.02 bits per heavy atom. The van der Waals surface area contributed by atoms with Crippen molar-refractivity contribution in [1.29, 1.82) is 0 Å². The summed E-state index contributed by atoms with van der Waals surface area (Å²) in [5, 5.41) is 0. The van der Waals surface area contributed by atoms with E-state index in [1.165, 1.54) is 0 Å². The van der Waals surface area contributed by atoms with Crippen molar-refractivity contribution in [3.05, 3.63) is 11.6 Å². The van der Waals surface area contributed by atoms with Crippen LogP contribution in [0.1, 0.15) is 91.9 Å². The molecule has 10 atom stereocenters. The van der Waals surface area contributed by atoms with Crippen LogP contribution in [0.3, 0.4) is 0 Å². The molecule has 0 bridgehead atoms. The first-order valence-corrected chi connectivity index (χ1v) is 18.8. The first-order valence-electron chi connectivity index (χ1n) is 14.8. The predicted molar refractivity (Wildman–Crippen MR) is 148 cm³/mol. The Hall–Kier alpha value is 2.35. The fourth-order valence-electron chi connectivity index (χ4n) is 9.40. The van der Waals surface area contributed by atoms with Crippen LogP contribution in [0.2, 0.25) is 0 Å². The Labute approximate surface area is 336 Å². The maximum Gasteiger partial charge on any atom is 1.00 e. The van der Waals surface area contributed by atoms with E-state index in [1.807, 2.05) is 13.8 Å². The summed E-state index contributed by atoms with van der Waals surface area (Å²) in [5.41, 5.74) is 0.528. The van der Waals surface area contributed by atoms with Gasteiger partial charge in [0.1, 0.15) is 12.2 Å². The molecule has 1 unspecified atom stereocenters. The Bertz CT molecular complexity index is 1360. The third-order valence-electron chi connectivity index (χ3n) is 11.2. The van der Waals surface area contributed by atoms with E-state index in [1.54, 1.807) is 0 Å². The summed E-state index contributed by atoms with van der Waals surface area (Å²) in [4.78, 5) is 0. The predicted octanol–water partition coefficient (Wildman–Crippen LogP) is -5.20. The molecule has 0 heterocycles. The van der Waals surface area contributed by atoms with Crippen LogP contribution in [-0.4, -0.2) is 57.7 Å². The van der Waals surface area contributed by atoms with Gasteiger partial charge in [-0.05, 0) is 97.7 Å². The molecule has 0 amide bonds. The van der Waals surface area contributed by atoms with Gasteiger partial charge in [-0.15, -0.1) is 0 Å². The molecule has 244 valence electrons. The molecule has 0 aliphatic heterocycles. The third-order valence-corrected chi connectivity index (χ3v) is 12.6. The van der Waals surface area contributed by atoms with Gasteiger partial charge in [-0.3, -0.25) is 12.5 Å². The van der Waals surface area contributed by atoms with Crippen LogP contribution >= 0.6 is 0 Å². The third kappa shape index (κ3) is 11.4. The summed E-state index contributed by atoms with van der Waals surface area (Å²) >= 11 is 0. The number of allylic oxidation sites excluding steroid dienone is 1. The smallest absolute Gasteiger partial charge is 0.726 e. The molecule has 18 heteroatoms. The first-order chi connectivity index (χ1) is 19.2. The van der Waals surface area contributed by atoms with Gasteiger partial charge in [-0.2, -0.15) is 0 Å². The first kappa shape index (κ1) is 45.4. The largest absolute Gasteiger partial charge is 1.00 e. The molecule has 3 saturated carbocycles. The zero-order valence-electron chi connectivity index (χ0n) is 27.6. The van der Waals surface area contributed by atoms with Crippen LogP contribution in [-0.2, 0) is 43.7 Å². The molecule has 45 heavy (non-hydrogen) atoms. The van der Waals surface area contributed by atoms with Gasteiger partial charge >= 0.3 is 88.7 Å². The zero-order chi connectivity index (χ0) is 31.3. The number of fused-ring (bicyclic) bond motifs is 5. The number of rotatable bonds is 12. The average molecular weight is 725 g/mol. The number of hydrogen-bond acceptors (Lipinski definition) is 12. The van der Waals surface area contributed by atoms with E-state index in [0.717, 1.165) is 56.9 Å². The van der Waals surface area contributed by atoms with E-state index in [-0.39, 0.29) is 125 Å². The van der Waals surface area contributed by atoms with Crippen molar-refractivity contribution in [2.24, 2.45) is 46.3 Å². The van der Waals surface area contributed by atoms with Gasteiger partial charge in [0.05, 0.1) is 6.61 Å². The molecule has 0 aromatic rings. The molecule has 0 N–H and O–H groups in total. The minimum absolute atomic E-state index is 0. The molecule has 0 spiro atoms. The van der Waals surface area contributed by atoms with Gasteiger partial charge in [0, 0.05) is 0 Å². The van der Waals surface area contributed by atoms with E-state index in [2.05, 4.69) is 28.3 Å². The van der Waals surface area contributed by atoms with Crippen molar-refractivity contribution in [3.8, 4) is 0 Å². The Kier molecular flexibility index (Phi) is 17.4. The van der Waals surface area contributed by atoms with Crippen molar-refractivity contribution in [2.45, 2.75) is 104 Å². The second kappa shape index (κ2) is 17.2. The quantitative estimate of drug-likeness (QED) is 0.0804. The average Bonchev–Trinajstić information content (AvgIpc) is 3.18. The van der Waals surface area contributed by atoms with E-state index in [0.29, 0.717) is 23.7 Å². The normalized spacial score (nSPS) is 36.0.